The van der Waals surface area contributed by atoms with Crippen LogP contribution in [0.1, 0.15) is 27.2 Å². The highest BCUT2D eigenvalue weighted by Gasteiger charge is 1.90. The molecule has 0 saturated carbocycles. The second kappa shape index (κ2) is 5.17. The van der Waals surface area contributed by atoms with Crippen molar-refractivity contribution in [1.29, 1.82) is 0 Å². The van der Waals surface area contributed by atoms with E-state index in [0.717, 1.165) is 13.0 Å². The predicted octanol–water partition coefficient (Wildman–Crippen LogP) is 1.35. The number of nitrogens with two attached hydrogens (primary N) is 1. The van der Waals surface area contributed by atoms with Gasteiger partial charge in [-0.2, -0.15) is 5.11 Å². The Labute approximate surface area is 62.1 Å². The molecule has 2 N–H and O–H groups in total. The average Bonchev–Trinajstić information content (AvgIpc) is 1.85. The standard InChI is InChI=1S/C6H16N4/c1-4-5-10(7)9-8-6(2)3/h6H,4-5,7H2,1-3H3. The van der Waals surface area contributed by atoms with Gasteiger partial charge >= 0.3 is 0 Å². The fraction of sp³-hybridized carbons (Fsp3) is 1.00. The molecule has 0 heterocycles. The Morgan fingerprint density at radius 1 is 1.50 bits per heavy atom. The van der Waals surface area contributed by atoms with Crippen LogP contribution >= 0.6 is 0 Å². The molecule has 0 aromatic heterocycles. The van der Waals surface area contributed by atoms with E-state index >= 15 is 0 Å². The number of hydrogen-bond acceptors (Lipinski definition) is 3. The van der Waals surface area contributed by atoms with Crippen molar-refractivity contribution in [3.63, 3.8) is 0 Å². The third-order valence-corrected chi connectivity index (χ3v) is 0.850. The maximum absolute atomic E-state index is 5.41. The van der Waals surface area contributed by atoms with E-state index in [1.807, 2.05) is 20.8 Å². The summed E-state index contributed by atoms with van der Waals surface area (Å²) in [6.45, 7) is 6.73. The second-order valence-electron chi connectivity index (χ2n) is 2.46. The van der Waals surface area contributed by atoms with Crippen LogP contribution in [0.25, 0.3) is 0 Å². The first kappa shape index (κ1) is 9.36. The van der Waals surface area contributed by atoms with E-state index in [9.17, 15) is 0 Å². The third-order valence-electron chi connectivity index (χ3n) is 0.850. The van der Waals surface area contributed by atoms with E-state index < -0.39 is 0 Å². The lowest BCUT2D eigenvalue weighted by atomic mass is 10.4. The van der Waals surface area contributed by atoms with Gasteiger partial charge in [0.05, 0.1) is 12.6 Å². The molecule has 0 atom stereocenters. The zero-order valence-electron chi connectivity index (χ0n) is 6.91. The van der Waals surface area contributed by atoms with Gasteiger partial charge in [-0.05, 0) is 20.3 Å². The summed E-state index contributed by atoms with van der Waals surface area (Å²) in [5, 5.41) is 8.98. The van der Waals surface area contributed by atoms with Gasteiger partial charge in [0.2, 0.25) is 0 Å². The molecule has 0 spiro atoms. The molecule has 0 aliphatic carbocycles. The van der Waals surface area contributed by atoms with Crippen molar-refractivity contribution in [2.24, 2.45) is 16.2 Å². The first-order valence-electron chi connectivity index (χ1n) is 3.59. The van der Waals surface area contributed by atoms with Gasteiger partial charge in [0.1, 0.15) is 0 Å². The van der Waals surface area contributed by atoms with Crippen molar-refractivity contribution in [1.82, 2.24) is 5.12 Å². The monoisotopic (exact) mass is 144 g/mol. The molecule has 0 aliphatic rings. The van der Waals surface area contributed by atoms with Crippen LogP contribution in [0.15, 0.2) is 10.3 Å². The van der Waals surface area contributed by atoms with Crippen molar-refractivity contribution in [3.8, 4) is 0 Å². The van der Waals surface area contributed by atoms with Crippen LogP contribution in [0.5, 0.6) is 0 Å². The van der Waals surface area contributed by atoms with Gasteiger partial charge in [-0.1, -0.05) is 12.1 Å². The highest BCUT2D eigenvalue weighted by atomic mass is 15.7. The van der Waals surface area contributed by atoms with Gasteiger partial charge in [-0.3, -0.25) is 0 Å². The molecular formula is C6H16N4. The second-order valence-corrected chi connectivity index (χ2v) is 2.46. The smallest absolute Gasteiger partial charge is 0.0674 e. The molecule has 0 bridgehead atoms. The molecule has 4 heteroatoms. The van der Waals surface area contributed by atoms with Crippen molar-refractivity contribution in [3.05, 3.63) is 0 Å². The van der Waals surface area contributed by atoms with Crippen LogP contribution < -0.4 is 5.84 Å². The van der Waals surface area contributed by atoms with Gasteiger partial charge in [0.15, 0.2) is 0 Å². The van der Waals surface area contributed by atoms with Gasteiger partial charge in [0, 0.05) is 0 Å². The number of nitrogens with zero attached hydrogens (tertiary/aromatic N) is 3. The van der Waals surface area contributed by atoms with Gasteiger partial charge in [-0.15, -0.1) is 0 Å². The normalized spacial score (nSPS) is 11.3. The Bertz CT molecular complexity index is 99.9. The molecule has 0 aliphatic heterocycles. The summed E-state index contributed by atoms with van der Waals surface area (Å²) in [7, 11) is 0. The highest BCUT2D eigenvalue weighted by Crippen LogP contribution is 1.90. The summed E-state index contributed by atoms with van der Waals surface area (Å²) < 4.78 is 0. The Hall–Kier alpha value is -0.640. The molecule has 60 valence electrons. The Balaban J connectivity index is 3.45. The SMILES string of the molecule is CCCN(N)N=NC(C)C. The van der Waals surface area contributed by atoms with Crippen LogP contribution in [0, 0.1) is 0 Å². The molecular weight excluding hydrogens is 128 g/mol. The molecule has 0 radical (unpaired) electrons. The van der Waals surface area contributed by atoms with E-state index in [2.05, 4.69) is 10.3 Å². The van der Waals surface area contributed by atoms with Crippen LogP contribution in [-0.2, 0) is 0 Å². The third kappa shape index (κ3) is 5.50. The molecule has 0 saturated heterocycles. The summed E-state index contributed by atoms with van der Waals surface area (Å²) in [5.41, 5.74) is 0. The fourth-order valence-electron chi connectivity index (χ4n) is 0.443. The summed E-state index contributed by atoms with van der Waals surface area (Å²) >= 11 is 0. The summed E-state index contributed by atoms with van der Waals surface area (Å²) in [6, 6.07) is 0.225. The molecule has 0 fully saturated rings. The lowest BCUT2D eigenvalue weighted by Gasteiger charge is -2.08. The maximum Gasteiger partial charge on any atom is 0.0674 e. The average molecular weight is 144 g/mol. The van der Waals surface area contributed by atoms with Gasteiger partial charge in [0.25, 0.3) is 0 Å². The zero-order chi connectivity index (χ0) is 7.98. The van der Waals surface area contributed by atoms with E-state index in [0.29, 0.717) is 0 Å². The topological polar surface area (TPSA) is 54.0 Å². The van der Waals surface area contributed by atoms with Crippen molar-refractivity contribution in [2.45, 2.75) is 33.2 Å². The first-order valence-corrected chi connectivity index (χ1v) is 3.59. The number of hydrogen-bond donors (Lipinski definition) is 1. The Morgan fingerprint density at radius 3 is 2.50 bits per heavy atom. The van der Waals surface area contributed by atoms with Gasteiger partial charge in [-0.25, -0.2) is 11.0 Å². The zero-order valence-corrected chi connectivity index (χ0v) is 6.91. The van der Waals surface area contributed by atoms with E-state index in [-0.39, 0.29) is 6.04 Å². The molecule has 4 nitrogen and oxygen atoms in total. The minimum atomic E-state index is 0.225. The number of hydrazine groups is 1. The molecule has 0 rings (SSSR count). The minimum Gasteiger partial charge on any atom is -0.230 e. The predicted molar refractivity (Wildman–Crippen MR) is 41.2 cm³/mol. The van der Waals surface area contributed by atoms with Crippen LogP contribution in [0.3, 0.4) is 0 Å². The Kier molecular flexibility index (Phi) is 4.84. The summed E-state index contributed by atoms with van der Waals surface area (Å²) in [6.07, 6.45) is 0.994. The lowest BCUT2D eigenvalue weighted by Crippen LogP contribution is -2.25. The van der Waals surface area contributed by atoms with E-state index in [1.54, 1.807) is 0 Å². The summed E-state index contributed by atoms with van der Waals surface area (Å²) in [5.74, 6) is 5.41. The first-order chi connectivity index (χ1) is 4.66. The Morgan fingerprint density at radius 2 is 2.10 bits per heavy atom. The molecule has 0 aromatic rings. The van der Waals surface area contributed by atoms with Crippen molar-refractivity contribution < 1.29 is 0 Å². The van der Waals surface area contributed by atoms with E-state index in [4.69, 9.17) is 5.84 Å². The van der Waals surface area contributed by atoms with Crippen molar-refractivity contribution >= 4 is 0 Å². The van der Waals surface area contributed by atoms with Gasteiger partial charge < -0.3 is 0 Å². The fourth-order valence-corrected chi connectivity index (χ4v) is 0.443. The molecule has 0 amide bonds. The number of rotatable bonds is 4. The quantitative estimate of drug-likeness (QED) is 0.368. The lowest BCUT2D eigenvalue weighted by molar-refractivity contribution is 0.271. The van der Waals surface area contributed by atoms with Crippen LogP contribution in [0.4, 0.5) is 0 Å². The van der Waals surface area contributed by atoms with Crippen LogP contribution in [0.2, 0.25) is 0 Å². The molecule has 0 unspecified atom stereocenters. The summed E-state index contributed by atoms with van der Waals surface area (Å²) in [4.78, 5) is 0. The van der Waals surface area contributed by atoms with Crippen LogP contribution in [-0.4, -0.2) is 17.7 Å². The maximum atomic E-state index is 5.41. The molecule has 0 aromatic carbocycles. The van der Waals surface area contributed by atoms with E-state index in [1.165, 1.54) is 5.12 Å². The highest BCUT2D eigenvalue weighted by molar-refractivity contribution is 4.43. The minimum absolute atomic E-state index is 0.225. The van der Waals surface area contributed by atoms with Crippen molar-refractivity contribution in [2.75, 3.05) is 6.54 Å². The largest absolute Gasteiger partial charge is 0.230 e. The molecule has 10 heavy (non-hydrogen) atoms.